The predicted octanol–water partition coefficient (Wildman–Crippen LogP) is 2.49. The summed E-state index contributed by atoms with van der Waals surface area (Å²) < 4.78 is 0. The van der Waals surface area contributed by atoms with Crippen LogP contribution in [0, 0.1) is 23.2 Å². The molecule has 1 saturated heterocycles. The summed E-state index contributed by atoms with van der Waals surface area (Å²) >= 11 is 0. The van der Waals surface area contributed by atoms with Crippen LogP contribution >= 0.6 is 0 Å². The molecular formula is C28H49N5O5. The molecule has 2 rings (SSSR count). The molecule has 38 heavy (non-hydrogen) atoms. The fraction of sp³-hybridized carbons (Fsp3) is 0.821. The summed E-state index contributed by atoms with van der Waals surface area (Å²) in [5.74, 6) is -2.25. The number of nitrogens with two attached hydrogens (primary N) is 1. The molecule has 0 aromatic rings. The van der Waals surface area contributed by atoms with Crippen LogP contribution in [0.4, 0.5) is 4.79 Å². The van der Waals surface area contributed by atoms with Gasteiger partial charge in [-0.25, -0.2) is 4.79 Å². The zero-order valence-corrected chi connectivity index (χ0v) is 24.5. The van der Waals surface area contributed by atoms with Gasteiger partial charge in [-0.15, -0.1) is 0 Å². The van der Waals surface area contributed by atoms with Crippen molar-refractivity contribution in [2.45, 2.75) is 118 Å². The minimum Gasteiger partial charge on any atom is -0.363 e. The summed E-state index contributed by atoms with van der Waals surface area (Å²) in [4.78, 5) is 66.3. The van der Waals surface area contributed by atoms with Crippen LogP contribution in [0.5, 0.6) is 0 Å². The van der Waals surface area contributed by atoms with Gasteiger partial charge in [-0.1, -0.05) is 53.9 Å². The van der Waals surface area contributed by atoms with Crippen molar-refractivity contribution in [2.24, 2.45) is 28.9 Å². The molecule has 0 radical (unpaired) electrons. The van der Waals surface area contributed by atoms with Crippen LogP contribution in [0.15, 0.2) is 0 Å². The molecule has 4 atom stereocenters. The first-order valence-corrected chi connectivity index (χ1v) is 13.9. The Hall–Kier alpha value is -2.65. The fourth-order valence-electron chi connectivity index (χ4n) is 5.36. The van der Waals surface area contributed by atoms with E-state index >= 15 is 0 Å². The highest BCUT2D eigenvalue weighted by molar-refractivity contribution is 6.37. The number of Topliss-reactive ketones (excluding diaryl/α,β-unsaturated/α-hetero) is 1. The molecule has 0 unspecified atom stereocenters. The van der Waals surface area contributed by atoms with Crippen molar-refractivity contribution in [3.8, 4) is 0 Å². The number of urea groups is 1. The average molecular weight is 536 g/mol. The van der Waals surface area contributed by atoms with Gasteiger partial charge in [-0.05, 0) is 63.2 Å². The SMILES string of the molecule is CC(C)C[C@H]1CCN(C(=O)[C@@H](NC(=O)NC(C)(C)C)C(C)(C)C)[C@@H]1C(=O)N[C@@H](CC1CCC1)C(=O)C(N)=O. The molecule has 10 nitrogen and oxygen atoms in total. The predicted molar refractivity (Wildman–Crippen MR) is 146 cm³/mol. The first-order chi connectivity index (χ1) is 17.4. The molecule has 5 N–H and O–H groups in total. The smallest absolute Gasteiger partial charge is 0.315 e. The largest absolute Gasteiger partial charge is 0.363 e. The zero-order valence-electron chi connectivity index (χ0n) is 24.5. The highest BCUT2D eigenvalue weighted by Crippen LogP contribution is 2.34. The van der Waals surface area contributed by atoms with Gasteiger partial charge in [0.1, 0.15) is 12.1 Å². The lowest BCUT2D eigenvalue weighted by atomic mass is 9.80. The molecule has 0 spiro atoms. The molecule has 0 aromatic heterocycles. The number of hydrogen-bond acceptors (Lipinski definition) is 5. The van der Waals surface area contributed by atoms with E-state index in [9.17, 15) is 24.0 Å². The third kappa shape index (κ3) is 8.70. The Balaban J connectivity index is 2.33. The van der Waals surface area contributed by atoms with E-state index in [0.29, 0.717) is 19.4 Å². The Morgan fingerprint density at radius 2 is 1.53 bits per heavy atom. The van der Waals surface area contributed by atoms with Crippen molar-refractivity contribution in [1.82, 2.24) is 20.9 Å². The lowest BCUT2D eigenvalue weighted by Crippen LogP contribution is -2.61. The highest BCUT2D eigenvalue weighted by atomic mass is 16.2. The van der Waals surface area contributed by atoms with E-state index < -0.39 is 52.7 Å². The number of hydrogen-bond donors (Lipinski definition) is 4. The van der Waals surface area contributed by atoms with E-state index in [1.54, 1.807) is 4.90 Å². The fourth-order valence-corrected chi connectivity index (χ4v) is 5.36. The van der Waals surface area contributed by atoms with Gasteiger partial charge in [0.2, 0.25) is 17.6 Å². The van der Waals surface area contributed by atoms with Crippen molar-refractivity contribution in [3.63, 3.8) is 0 Å². The maximum Gasteiger partial charge on any atom is 0.315 e. The normalized spacial score (nSPS) is 21.9. The van der Waals surface area contributed by atoms with Crippen LogP contribution in [-0.2, 0) is 19.2 Å². The number of carbonyl (C=O) groups excluding carboxylic acids is 5. The van der Waals surface area contributed by atoms with Crippen molar-refractivity contribution in [3.05, 3.63) is 0 Å². The van der Waals surface area contributed by atoms with Crippen molar-refractivity contribution in [2.75, 3.05) is 6.54 Å². The third-order valence-electron chi connectivity index (χ3n) is 7.40. The van der Waals surface area contributed by atoms with Crippen molar-refractivity contribution < 1.29 is 24.0 Å². The lowest BCUT2D eigenvalue weighted by Gasteiger charge is -2.37. The van der Waals surface area contributed by atoms with Gasteiger partial charge in [0.25, 0.3) is 5.91 Å². The molecule has 1 aliphatic heterocycles. The second-order valence-electron chi connectivity index (χ2n) is 13.6. The highest BCUT2D eigenvalue weighted by Gasteiger charge is 2.47. The summed E-state index contributed by atoms with van der Waals surface area (Å²) in [6.45, 7) is 15.6. The number of ketones is 1. The van der Waals surface area contributed by atoms with Gasteiger partial charge in [0.05, 0.1) is 6.04 Å². The number of amides is 5. The first-order valence-electron chi connectivity index (χ1n) is 13.9. The van der Waals surface area contributed by atoms with Crippen LogP contribution in [0.2, 0.25) is 0 Å². The van der Waals surface area contributed by atoms with E-state index in [1.807, 2.05) is 41.5 Å². The number of likely N-dealkylation sites (tertiary alicyclic amines) is 1. The molecular weight excluding hydrogens is 486 g/mol. The Bertz CT molecular complexity index is 900. The van der Waals surface area contributed by atoms with Gasteiger partial charge < -0.3 is 26.6 Å². The van der Waals surface area contributed by atoms with Gasteiger partial charge in [-0.2, -0.15) is 0 Å². The van der Waals surface area contributed by atoms with E-state index in [1.165, 1.54) is 0 Å². The Morgan fingerprint density at radius 1 is 0.921 bits per heavy atom. The average Bonchev–Trinajstić information content (AvgIpc) is 3.13. The summed E-state index contributed by atoms with van der Waals surface area (Å²) in [7, 11) is 0. The maximum atomic E-state index is 14.0. The molecule has 216 valence electrons. The van der Waals surface area contributed by atoms with E-state index in [4.69, 9.17) is 5.73 Å². The Morgan fingerprint density at radius 3 is 1.97 bits per heavy atom. The summed E-state index contributed by atoms with van der Waals surface area (Å²) in [6.07, 6.45) is 4.65. The van der Waals surface area contributed by atoms with Crippen molar-refractivity contribution in [1.29, 1.82) is 0 Å². The number of nitrogens with zero attached hydrogens (tertiary/aromatic N) is 1. The number of nitrogens with one attached hydrogen (secondary N) is 3. The molecule has 10 heteroatoms. The van der Waals surface area contributed by atoms with Crippen LogP contribution < -0.4 is 21.7 Å². The van der Waals surface area contributed by atoms with E-state index in [-0.39, 0.29) is 23.7 Å². The van der Waals surface area contributed by atoms with Crippen LogP contribution in [0.25, 0.3) is 0 Å². The minimum atomic E-state index is -1.07. The quantitative estimate of drug-likeness (QED) is 0.317. The van der Waals surface area contributed by atoms with E-state index in [0.717, 1.165) is 25.7 Å². The van der Waals surface area contributed by atoms with Crippen LogP contribution in [0.1, 0.15) is 93.9 Å². The standard InChI is InChI=1S/C28H49N5O5/c1-16(2)14-18-12-13-33(25(37)22(27(3,4)5)31-26(38)32-28(6,7)8)20(18)24(36)30-19(21(34)23(29)35)15-17-10-9-11-17/h16-20,22H,9-15H2,1-8H3,(H2,29,35)(H,30,36)(H2,31,32,38)/t18-,19+,20+,22-/m1/s1. The molecule has 1 saturated carbocycles. The number of carbonyl (C=O) groups is 5. The third-order valence-corrected chi connectivity index (χ3v) is 7.40. The van der Waals surface area contributed by atoms with Gasteiger partial charge in [0.15, 0.2) is 0 Å². The molecule has 2 fully saturated rings. The van der Waals surface area contributed by atoms with Gasteiger partial charge in [0, 0.05) is 12.1 Å². The number of rotatable bonds is 10. The Kier molecular flexibility index (Phi) is 10.4. The van der Waals surface area contributed by atoms with Crippen LogP contribution in [0.3, 0.4) is 0 Å². The topological polar surface area (TPSA) is 151 Å². The summed E-state index contributed by atoms with van der Waals surface area (Å²) in [5, 5.41) is 8.46. The zero-order chi connectivity index (χ0) is 29.0. The molecule has 0 bridgehead atoms. The van der Waals surface area contributed by atoms with E-state index in [2.05, 4.69) is 29.8 Å². The second kappa shape index (κ2) is 12.5. The second-order valence-corrected chi connectivity index (χ2v) is 13.6. The molecule has 1 aliphatic carbocycles. The lowest BCUT2D eigenvalue weighted by molar-refractivity contribution is -0.144. The first kappa shape index (κ1) is 31.6. The molecule has 1 heterocycles. The molecule has 0 aromatic carbocycles. The maximum absolute atomic E-state index is 14.0. The minimum absolute atomic E-state index is 0.115. The van der Waals surface area contributed by atoms with Crippen LogP contribution in [-0.4, -0.2) is 64.6 Å². The monoisotopic (exact) mass is 535 g/mol. The summed E-state index contributed by atoms with van der Waals surface area (Å²) in [5.41, 5.74) is 4.18. The van der Waals surface area contributed by atoms with Crippen molar-refractivity contribution >= 4 is 29.5 Å². The molecule has 5 amide bonds. The van der Waals surface area contributed by atoms with Gasteiger partial charge in [-0.3, -0.25) is 19.2 Å². The van der Waals surface area contributed by atoms with Gasteiger partial charge >= 0.3 is 6.03 Å². The number of primary amides is 1. The molecule has 2 aliphatic rings. The Labute approximate surface area is 227 Å². The summed E-state index contributed by atoms with van der Waals surface area (Å²) in [6, 6.07) is -3.16.